The molecule has 72 valence electrons. The quantitative estimate of drug-likeness (QED) is 0.703. The molecule has 1 aliphatic carbocycles. The van der Waals surface area contributed by atoms with E-state index in [9.17, 15) is 0 Å². The highest BCUT2D eigenvalue weighted by Gasteiger charge is 2.17. The minimum absolute atomic E-state index is 0.663. The average molecular weight is 195 g/mol. The molecule has 1 unspecified atom stereocenters. The second-order valence-electron chi connectivity index (χ2n) is 3.94. The molecular formula is C11H17NS. The van der Waals surface area contributed by atoms with Gasteiger partial charge in [-0.05, 0) is 32.1 Å². The largest absolute Gasteiger partial charge is 0.246 e. The fourth-order valence-electron chi connectivity index (χ4n) is 1.76. The van der Waals surface area contributed by atoms with Gasteiger partial charge in [0, 0.05) is 10.8 Å². The van der Waals surface area contributed by atoms with Crippen molar-refractivity contribution in [3.63, 3.8) is 0 Å². The Bertz CT molecular complexity index is 267. The highest BCUT2D eigenvalue weighted by atomic mass is 32.1. The van der Waals surface area contributed by atoms with Crippen molar-refractivity contribution in [2.45, 2.75) is 51.9 Å². The van der Waals surface area contributed by atoms with Gasteiger partial charge in [0.05, 0.1) is 10.7 Å². The lowest BCUT2D eigenvalue weighted by atomic mass is 10.0. The lowest BCUT2D eigenvalue weighted by molar-refractivity contribution is 0.671. The maximum Gasteiger partial charge on any atom is 0.0959 e. The molecule has 13 heavy (non-hydrogen) atoms. The molecule has 0 spiro atoms. The minimum atomic E-state index is 0.663. The van der Waals surface area contributed by atoms with Crippen molar-refractivity contribution in [3.05, 3.63) is 15.6 Å². The van der Waals surface area contributed by atoms with Crippen LogP contribution in [-0.2, 0) is 12.8 Å². The molecule has 2 heteroatoms. The Morgan fingerprint density at radius 1 is 1.38 bits per heavy atom. The van der Waals surface area contributed by atoms with Crippen molar-refractivity contribution >= 4 is 11.3 Å². The van der Waals surface area contributed by atoms with Crippen molar-refractivity contribution in [2.24, 2.45) is 0 Å². The Labute approximate surface area is 84.2 Å². The number of hydrogen-bond donors (Lipinski definition) is 0. The summed E-state index contributed by atoms with van der Waals surface area (Å²) in [4.78, 5) is 6.31. The Morgan fingerprint density at radius 3 is 2.85 bits per heavy atom. The number of hydrogen-bond acceptors (Lipinski definition) is 2. The molecule has 1 aliphatic rings. The van der Waals surface area contributed by atoms with Gasteiger partial charge in [-0.3, -0.25) is 0 Å². The van der Waals surface area contributed by atoms with E-state index in [0.29, 0.717) is 5.92 Å². The maximum atomic E-state index is 4.74. The van der Waals surface area contributed by atoms with Gasteiger partial charge < -0.3 is 0 Å². The predicted molar refractivity (Wildman–Crippen MR) is 57.5 cm³/mol. The normalized spacial score (nSPS) is 18.3. The van der Waals surface area contributed by atoms with E-state index in [1.165, 1.54) is 42.8 Å². The van der Waals surface area contributed by atoms with Crippen LogP contribution in [0.15, 0.2) is 0 Å². The molecule has 0 fully saturated rings. The van der Waals surface area contributed by atoms with Crippen LogP contribution in [-0.4, -0.2) is 4.98 Å². The summed E-state index contributed by atoms with van der Waals surface area (Å²) in [5, 5.41) is 1.37. The van der Waals surface area contributed by atoms with E-state index in [2.05, 4.69) is 13.8 Å². The first-order chi connectivity index (χ1) is 6.31. The molecule has 2 rings (SSSR count). The Balaban J connectivity index is 2.25. The third kappa shape index (κ3) is 1.78. The first kappa shape index (κ1) is 9.20. The maximum absolute atomic E-state index is 4.74. The number of rotatable bonds is 2. The van der Waals surface area contributed by atoms with Gasteiger partial charge in [-0.2, -0.15) is 0 Å². The fraction of sp³-hybridized carbons (Fsp3) is 0.727. The molecule has 1 atom stereocenters. The second kappa shape index (κ2) is 3.79. The highest BCUT2D eigenvalue weighted by molar-refractivity contribution is 7.11. The van der Waals surface area contributed by atoms with Crippen molar-refractivity contribution in [1.29, 1.82) is 0 Å². The molecule has 0 bridgehead atoms. The van der Waals surface area contributed by atoms with Gasteiger partial charge in [-0.25, -0.2) is 4.98 Å². The number of nitrogens with zero attached hydrogens (tertiary/aromatic N) is 1. The first-order valence-corrected chi connectivity index (χ1v) is 6.11. The minimum Gasteiger partial charge on any atom is -0.246 e. The molecule has 0 saturated carbocycles. The van der Waals surface area contributed by atoms with Crippen LogP contribution in [0.25, 0.3) is 0 Å². The van der Waals surface area contributed by atoms with Crippen LogP contribution in [0, 0.1) is 0 Å². The lowest BCUT2D eigenvalue weighted by Crippen LogP contribution is -1.99. The molecule has 1 heterocycles. The van der Waals surface area contributed by atoms with Crippen LogP contribution in [0.1, 0.15) is 54.6 Å². The summed E-state index contributed by atoms with van der Waals surface area (Å²) < 4.78 is 0. The van der Waals surface area contributed by atoms with E-state index >= 15 is 0 Å². The summed E-state index contributed by atoms with van der Waals surface area (Å²) in [6, 6.07) is 0. The highest BCUT2D eigenvalue weighted by Crippen LogP contribution is 2.31. The molecule has 1 aromatic rings. The van der Waals surface area contributed by atoms with Crippen LogP contribution < -0.4 is 0 Å². The number of fused-ring (bicyclic) bond motifs is 1. The predicted octanol–water partition coefficient (Wildman–Crippen LogP) is 3.54. The Kier molecular flexibility index (Phi) is 2.68. The molecule has 1 nitrogen and oxygen atoms in total. The molecule has 0 saturated heterocycles. The van der Waals surface area contributed by atoms with Crippen molar-refractivity contribution < 1.29 is 0 Å². The van der Waals surface area contributed by atoms with Gasteiger partial charge in [0.2, 0.25) is 0 Å². The van der Waals surface area contributed by atoms with Gasteiger partial charge in [0.15, 0.2) is 0 Å². The average Bonchev–Trinajstić information content (AvgIpc) is 2.59. The summed E-state index contributed by atoms with van der Waals surface area (Å²) in [6.45, 7) is 4.52. The summed E-state index contributed by atoms with van der Waals surface area (Å²) in [6.07, 6.45) is 6.43. The van der Waals surface area contributed by atoms with Crippen LogP contribution in [0.2, 0.25) is 0 Å². The summed E-state index contributed by atoms with van der Waals surface area (Å²) in [5.41, 5.74) is 1.41. The SMILES string of the molecule is CCC(C)c1nc2c(s1)CCCC2. The van der Waals surface area contributed by atoms with Crippen molar-refractivity contribution in [3.8, 4) is 0 Å². The van der Waals surface area contributed by atoms with E-state index in [1.807, 2.05) is 11.3 Å². The summed E-state index contributed by atoms with van der Waals surface area (Å²) in [7, 11) is 0. The molecule has 0 radical (unpaired) electrons. The Hall–Kier alpha value is -0.370. The van der Waals surface area contributed by atoms with Gasteiger partial charge in [0.1, 0.15) is 0 Å². The number of aromatic nitrogens is 1. The molecular weight excluding hydrogens is 178 g/mol. The summed E-state index contributed by atoms with van der Waals surface area (Å²) >= 11 is 1.96. The number of aryl methyl sites for hydroxylation is 2. The van der Waals surface area contributed by atoms with Gasteiger partial charge in [-0.1, -0.05) is 13.8 Å². The lowest BCUT2D eigenvalue weighted by Gasteiger charge is -2.06. The van der Waals surface area contributed by atoms with Crippen molar-refractivity contribution in [1.82, 2.24) is 4.98 Å². The molecule has 0 N–H and O–H groups in total. The molecule has 0 amide bonds. The smallest absolute Gasteiger partial charge is 0.0959 e. The van der Waals surface area contributed by atoms with E-state index in [-0.39, 0.29) is 0 Å². The second-order valence-corrected chi connectivity index (χ2v) is 5.05. The first-order valence-electron chi connectivity index (χ1n) is 5.29. The molecule has 0 aromatic carbocycles. The van der Waals surface area contributed by atoms with Crippen LogP contribution >= 0.6 is 11.3 Å². The zero-order valence-corrected chi connectivity index (χ0v) is 9.28. The van der Waals surface area contributed by atoms with Gasteiger partial charge >= 0.3 is 0 Å². The topological polar surface area (TPSA) is 12.9 Å². The zero-order chi connectivity index (χ0) is 9.26. The van der Waals surface area contributed by atoms with Gasteiger partial charge in [0.25, 0.3) is 0 Å². The Morgan fingerprint density at radius 2 is 2.15 bits per heavy atom. The van der Waals surface area contributed by atoms with E-state index in [0.717, 1.165) is 0 Å². The van der Waals surface area contributed by atoms with Gasteiger partial charge in [-0.15, -0.1) is 11.3 Å². The summed E-state index contributed by atoms with van der Waals surface area (Å²) in [5.74, 6) is 0.663. The standard InChI is InChI=1S/C11H17NS/c1-3-8(2)11-12-9-6-4-5-7-10(9)13-11/h8H,3-7H2,1-2H3. The van der Waals surface area contributed by atoms with Crippen molar-refractivity contribution in [2.75, 3.05) is 0 Å². The zero-order valence-electron chi connectivity index (χ0n) is 8.47. The van der Waals surface area contributed by atoms with E-state index < -0.39 is 0 Å². The molecule has 1 aromatic heterocycles. The fourth-order valence-corrected chi connectivity index (χ4v) is 3.05. The van der Waals surface area contributed by atoms with Crippen LogP contribution in [0.5, 0.6) is 0 Å². The third-order valence-electron chi connectivity index (χ3n) is 2.90. The monoisotopic (exact) mass is 195 g/mol. The van der Waals surface area contributed by atoms with Crippen LogP contribution in [0.4, 0.5) is 0 Å². The third-order valence-corrected chi connectivity index (χ3v) is 4.29. The molecule has 0 aliphatic heterocycles. The van der Waals surface area contributed by atoms with E-state index in [4.69, 9.17) is 4.98 Å². The van der Waals surface area contributed by atoms with E-state index in [1.54, 1.807) is 4.88 Å². The number of thiazole rings is 1. The van der Waals surface area contributed by atoms with Crippen LogP contribution in [0.3, 0.4) is 0 Å².